The van der Waals surface area contributed by atoms with Gasteiger partial charge in [0.1, 0.15) is 153 Å². The van der Waals surface area contributed by atoms with E-state index in [-0.39, 0.29) is 180 Å². The monoisotopic (exact) mass is 2020 g/mol. The predicted octanol–water partition coefficient (Wildman–Crippen LogP) is -39.8. The molecule has 2 aromatic rings. The number of aliphatic carboxylic acids is 3. The van der Waals surface area contributed by atoms with E-state index in [0.29, 0.717) is 0 Å². The number of rotatable bonds is 34. The second-order valence-corrected chi connectivity index (χ2v) is 29.8. The van der Waals surface area contributed by atoms with E-state index in [0.717, 1.165) is 21.5 Å². The van der Waals surface area contributed by atoms with Gasteiger partial charge >= 0.3 is 159 Å². The minimum absolute atomic E-state index is 0. The van der Waals surface area contributed by atoms with Crippen LogP contribution in [-0.4, -0.2) is 424 Å². The molecule has 738 valence electrons. The second-order valence-electron chi connectivity index (χ2n) is 27.1. The zero-order valence-electron chi connectivity index (χ0n) is 71.8. The molecule has 6 aliphatic rings. The number of amides is 4. The Kier molecular flexibility index (Phi) is 67.2. The molecule has 6 aliphatic heterocycles. The number of nitrogens with zero attached hydrogens (tertiary/aromatic N) is 4. The number of nitrogens with two attached hydrogens (primary N) is 4. The largest absolute Gasteiger partial charge is 1.00 e. The van der Waals surface area contributed by atoms with Crippen LogP contribution in [-0.2, 0) is 98.8 Å². The first kappa shape index (κ1) is 138. The van der Waals surface area contributed by atoms with Gasteiger partial charge in [0, 0.05) is 31.7 Å². The summed E-state index contributed by atoms with van der Waals surface area (Å²) in [5.74, 6) is -19.5. The van der Waals surface area contributed by atoms with Crippen LogP contribution >= 0.6 is 15.6 Å². The van der Waals surface area contributed by atoms with E-state index in [1.54, 1.807) is 0 Å². The molecule has 34 N–H and O–H groups in total. The van der Waals surface area contributed by atoms with E-state index in [1.165, 1.54) is 19.2 Å². The molecule has 62 nitrogen and oxygen atoms in total. The summed E-state index contributed by atoms with van der Waals surface area (Å²) in [7, 11) is -10.2. The molecule has 8 heterocycles. The summed E-state index contributed by atoms with van der Waals surface area (Å²) in [4.78, 5) is 154. The van der Waals surface area contributed by atoms with E-state index in [1.807, 2.05) is 32.7 Å². The average Bonchev–Trinajstić information content (AvgIpc) is 0.975. The molecule has 27 unspecified atom stereocenters. The molecular weight excluding hydrogens is 1910 g/mol. The maximum atomic E-state index is 12.7. The van der Waals surface area contributed by atoms with Gasteiger partial charge < -0.3 is 243 Å². The average molecular weight is 2020 g/mol. The summed E-state index contributed by atoms with van der Waals surface area (Å²) in [6, 6.07) is -3.46. The molecule has 6 saturated heterocycles. The number of carbonyl (C=O) groups is 9. The van der Waals surface area contributed by atoms with Gasteiger partial charge in [-0.2, -0.15) is 9.97 Å². The number of carbonyl (C=O) groups excluding carboxylic acids is 9. The van der Waals surface area contributed by atoms with Crippen molar-refractivity contribution in [2.45, 2.75) is 229 Å². The maximum absolute atomic E-state index is 12.7. The number of ether oxygens (including phenoxy) is 6. The molecular formula is C64H108N13Na5O49P2. The molecule has 69 heteroatoms. The summed E-state index contributed by atoms with van der Waals surface area (Å²) in [5.41, 5.74) is 19.3. The third kappa shape index (κ3) is 38.7. The van der Waals surface area contributed by atoms with Gasteiger partial charge in [0.2, 0.25) is 41.5 Å². The van der Waals surface area contributed by atoms with Crippen molar-refractivity contribution in [1.82, 2.24) is 45.7 Å². The number of phosphoric acid groups is 2. The molecule has 6 fully saturated rings. The van der Waals surface area contributed by atoms with Crippen molar-refractivity contribution in [2.24, 2.45) is 11.5 Å². The van der Waals surface area contributed by atoms with E-state index < -0.39 is 323 Å². The summed E-state index contributed by atoms with van der Waals surface area (Å²) in [6.07, 6.45) is -43.6. The first-order chi connectivity index (χ1) is 59.3. The number of carboxylic acids is 3. The molecule has 0 saturated carbocycles. The van der Waals surface area contributed by atoms with Gasteiger partial charge in [0.05, 0.1) is 102 Å². The molecule has 133 heavy (non-hydrogen) atoms. The molecule has 0 bridgehead atoms. The number of aliphatic hydroxyl groups is 21. The summed E-state index contributed by atoms with van der Waals surface area (Å²) < 4.78 is 75.9. The maximum Gasteiger partial charge on any atom is 1.00 e. The number of likely N-dealkylation sites (N-methyl/N-ethyl adjacent to an activating group) is 1. The number of hydrogen-bond donors (Lipinski definition) is 30. The van der Waals surface area contributed by atoms with Crippen LogP contribution < -0.4 is 234 Å². The number of nitrogens with one attached hydrogen (secondary N) is 5. The SMILES string of the molecule is C.C=O.C=O.CC.CNCC(=O)NC1C(O)CC(O)(C(=O)[O-])OC1[C@H](O)[C@H](O)CO.NC1C(O)OC(CO)C(O)C1O.NCC(=O)NC1C(O)CC(OP(=O)([O-])OCC2OC(n3ccc(N)nc3=O)C(O)C2O)(C(=O)[O-])OC1[C@H](O)[C@H](O)CO.Nc1ccn(C2OC(COP(=O)([O-])OC3(C(=O)[O-])CC(O)C(NC(=O)CNC=O)C([C@H](O)[C@H](O)CO)O3)C(O)C2O)c(=O)n1.[Na+].[Na+].[Na+].[Na+].[Na+]. The van der Waals surface area contributed by atoms with Crippen molar-refractivity contribution >= 4 is 82.9 Å². The van der Waals surface area contributed by atoms with Gasteiger partial charge in [-0.05, 0) is 19.2 Å². The molecule has 0 spiro atoms. The van der Waals surface area contributed by atoms with Gasteiger partial charge in [-0.25, -0.2) is 9.59 Å². The fourth-order valence-corrected chi connectivity index (χ4v) is 14.0. The molecule has 2 aromatic heterocycles. The number of aliphatic hydroxyl groups excluding tert-OH is 20. The molecule has 0 radical (unpaired) electrons. The van der Waals surface area contributed by atoms with Crippen molar-refractivity contribution in [1.29, 1.82) is 0 Å². The minimum atomic E-state index is -5.87. The summed E-state index contributed by atoms with van der Waals surface area (Å²) >= 11 is 0. The predicted molar refractivity (Wildman–Crippen MR) is 399 cm³/mol. The first-order valence-corrected chi connectivity index (χ1v) is 39.7. The molecule has 0 aromatic carbocycles. The smallest absolute Gasteiger partial charge is 0.756 e. The van der Waals surface area contributed by atoms with Crippen LogP contribution in [0, 0.1) is 0 Å². The van der Waals surface area contributed by atoms with E-state index in [2.05, 4.69) is 49.3 Å². The second kappa shape index (κ2) is 64.5. The number of aromatic nitrogens is 4. The minimum Gasteiger partial charge on any atom is -0.756 e. The Labute approximate surface area is 863 Å². The number of hydrogen-bond acceptors (Lipinski definition) is 56. The van der Waals surface area contributed by atoms with Gasteiger partial charge in [-0.3, -0.25) is 46.5 Å². The van der Waals surface area contributed by atoms with Crippen molar-refractivity contribution in [3.8, 4) is 0 Å². The van der Waals surface area contributed by atoms with E-state index in [4.69, 9.17) is 76.3 Å². The quantitative estimate of drug-likeness (QED) is 0.0176. The van der Waals surface area contributed by atoms with Crippen LogP contribution in [0.1, 0.15) is 53.0 Å². The van der Waals surface area contributed by atoms with Gasteiger partial charge in [0.15, 0.2) is 18.7 Å². The zero-order valence-corrected chi connectivity index (χ0v) is 83.6. The van der Waals surface area contributed by atoms with E-state index >= 15 is 0 Å². The fourth-order valence-electron chi connectivity index (χ4n) is 12.2. The first-order valence-electron chi connectivity index (χ1n) is 36.8. The van der Waals surface area contributed by atoms with Crippen molar-refractivity contribution < 1.29 is 379 Å². The standard InChI is InChI=1S/C21H32N5O17P.C20H32N5O16P.C12H22N2O9.C6H13NO5.C2H6.2CH2O.CH4.5Na/c22-11-1-2-26(20(37)24-11)18-16(34)15(33)10(41-18)6-40-44(38,39)43-21(19(35)36)3-8(29)13(25-12(31)4-23-7-28)17(42-21)14(32)9(30)5-27;21-4-11(29)24-12-7(27)3-20(18(33)34,40-16(12)13(30)8(28)5-26)41-42(36,37)38-6-9-14(31)15(32)17(39-9)25-2-1-10(22)23-19(25)35;1-13-3-7(18)14-8-5(16)2-12(22,11(20)21)23-10(8)9(19)6(17)4-15;7-3-5(10)4(9)2(1-8)12-6(3)11;3*1-2;;;;;;/h1-2,7-10,13-18,27,29-30,32-34H,3-6H2,(H,23,28)(H,25,31)(H,35,36)(H,38,39)(H2,22,24,37);1-2,7-9,12-17,26-28,30-32H,3-6,21H2,(H,24,29)(H,33,34)(H,36,37)(H2,22,23,35);5-6,8-10,13,15-17,19,22H,2-4H2,1H3,(H,14,18)(H,20,21);2-6,8-11H,1,7H2;1-2H3;2*1H2;1H4;;;;;/q;;;;;;;;5*+1/p-5/t8?,9-,10?,13?,14-,15?,16?,17?,18?,21?;7?,8-,9?,12?,13-,14?,15?,16?,17?,20?;5?,6-,8?,9-,10?,12?;;;;;;;;;;/m111........../s1. The molecule has 0 aliphatic carbocycles. The van der Waals surface area contributed by atoms with Crippen molar-refractivity contribution in [2.75, 3.05) is 77.8 Å². The number of carboxylic acid groups (broad SMARTS) is 3. The van der Waals surface area contributed by atoms with Crippen LogP contribution in [0.15, 0.2) is 34.1 Å². The number of nitrogen functional groups attached to an aromatic ring is 2. The molecule has 8 rings (SSSR count). The Morgan fingerprint density at radius 2 is 0.887 bits per heavy atom. The Morgan fingerprint density at radius 1 is 0.556 bits per heavy atom. The zero-order chi connectivity index (χ0) is 97.6. The van der Waals surface area contributed by atoms with Crippen LogP contribution in [0.2, 0.25) is 0 Å². The third-order valence-electron chi connectivity index (χ3n) is 18.5. The Balaban J connectivity index is -0.000000568. The van der Waals surface area contributed by atoms with Crippen molar-refractivity contribution in [3.63, 3.8) is 0 Å². The summed E-state index contributed by atoms with van der Waals surface area (Å²) in [6.45, 7) is 0.735. The van der Waals surface area contributed by atoms with Crippen LogP contribution in [0.5, 0.6) is 0 Å². The van der Waals surface area contributed by atoms with Gasteiger partial charge in [-0.15, -0.1) is 0 Å². The fraction of sp³-hybridized carbons (Fsp3) is 0.734. The van der Waals surface area contributed by atoms with E-state index in [9.17, 15) is 169 Å². The van der Waals surface area contributed by atoms with Gasteiger partial charge in [0.25, 0.3) is 15.6 Å². The number of anilines is 2. The Morgan fingerprint density at radius 3 is 1.20 bits per heavy atom. The summed E-state index contributed by atoms with van der Waals surface area (Å²) in [5, 5.41) is 252. The third-order valence-corrected chi connectivity index (χ3v) is 20.4. The number of phosphoric ester groups is 2. The van der Waals surface area contributed by atoms with Gasteiger partial charge in [-0.1, -0.05) is 21.3 Å². The van der Waals surface area contributed by atoms with Crippen LogP contribution in [0.3, 0.4) is 0 Å². The Bertz CT molecular complexity index is 4060. The van der Waals surface area contributed by atoms with Crippen LogP contribution in [0.4, 0.5) is 11.6 Å². The normalized spacial score (nSPS) is 32.2. The van der Waals surface area contributed by atoms with Crippen LogP contribution in [0.25, 0.3) is 0 Å². The topological polar surface area (TPSA) is 1050 Å². The Hall–Kier alpha value is -2.99. The van der Waals surface area contributed by atoms with Crippen molar-refractivity contribution in [3.05, 3.63) is 45.5 Å². The molecule has 33 atom stereocenters. The molecule has 4 amide bonds.